The van der Waals surface area contributed by atoms with E-state index < -0.39 is 15.9 Å². The molecule has 0 fully saturated rings. The van der Waals surface area contributed by atoms with Gasteiger partial charge in [0.25, 0.3) is 5.91 Å². The molecule has 2 rings (SSSR count). The fraction of sp³-hybridized carbons (Fsp3) is 0.278. The van der Waals surface area contributed by atoms with E-state index in [0.29, 0.717) is 13.1 Å². The molecular formula is C18H22N2O4S. The second kappa shape index (κ2) is 8.13. The average Bonchev–Trinajstić information content (AvgIpc) is 2.61. The molecule has 6 nitrogen and oxygen atoms in total. The number of carbonyl (C=O) groups excluding carboxylic acids is 1. The van der Waals surface area contributed by atoms with E-state index in [1.54, 1.807) is 38.1 Å². The third kappa shape index (κ3) is 4.37. The van der Waals surface area contributed by atoms with Crippen LogP contribution in [0.3, 0.4) is 0 Å². The normalized spacial score (nSPS) is 11.5. The first-order valence-corrected chi connectivity index (χ1v) is 9.49. The number of amides is 1. The molecule has 0 unspecified atom stereocenters. The fourth-order valence-corrected chi connectivity index (χ4v) is 3.89. The number of hydrogen-bond donors (Lipinski definition) is 2. The molecule has 0 spiro atoms. The summed E-state index contributed by atoms with van der Waals surface area (Å²) in [5.74, 6) is -0.474. The molecule has 0 aliphatic rings. The largest absolute Gasteiger partial charge is 0.507 e. The van der Waals surface area contributed by atoms with E-state index >= 15 is 0 Å². The summed E-state index contributed by atoms with van der Waals surface area (Å²) in [5.41, 5.74) is 0.963. The Bertz CT molecular complexity index is 828. The van der Waals surface area contributed by atoms with E-state index in [9.17, 15) is 18.3 Å². The molecule has 0 aliphatic carbocycles. The Morgan fingerprint density at radius 2 is 1.64 bits per heavy atom. The molecule has 1 amide bonds. The molecule has 0 saturated carbocycles. The highest BCUT2D eigenvalue weighted by molar-refractivity contribution is 7.89. The van der Waals surface area contributed by atoms with Crippen molar-refractivity contribution in [2.75, 3.05) is 13.1 Å². The summed E-state index contributed by atoms with van der Waals surface area (Å²) < 4.78 is 26.2. The number of phenols is 1. The SMILES string of the molecule is CCN(CC)S(=O)(=O)c1ccc(CNC(=O)c2ccccc2O)cc1. The van der Waals surface area contributed by atoms with Crippen LogP contribution in [0.5, 0.6) is 5.75 Å². The van der Waals surface area contributed by atoms with Crippen molar-refractivity contribution in [3.8, 4) is 5.75 Å². The van der Waals surface area contributed by atoms with Crippen molar-refractivity contribution in [1.82, 2.24) is 9.62 Å². The highest BCUT2D eigenvalue weighted by atomic mass is 32.2. The number of hydrogen-bond acceptors (Lipinski definition) is 4. The van der Waals surface area contributed by atoms with Crippen molar-refractivity contribution in [3.63, 3.8) is 0 Å². The summed E-state index contributed by atoms with van der Waals surface area (Å²) in [4.78, 5) is 12.3. The van der Waals surface area contributed by atoms with Crippen LogP contribution < -0.4 is 5.32 Å². The Balaban J connectivity index is 2.06. The van der Waals surface area contributed by atoms with E-state index in [1.165, 1.54) is 28.6 Å². The first kappa shape index (κ1) is 19.0. The van der Waals surface area contributed by atoms with Gasteiger partial charge in [-0.25, -0.2) is 8.42 Å². The van der Waals surface area contributed by atoms with E-state index in [2.05, 4.69) is 5.32 Å². The molecule has 134 valence electrons. The number of sulfonamides is 1. The summed E-state index contributed by atoms with van der Waals surface area (Å²) >= 11 is 0. The lowest BCUT2D eigenvalue weighted by atomic mass is 10.1. The number of benzene rings is 2. The number of nitrogens with one attached hydrogen (secondary N) is 1. The van der Waals surface area contributed by atoms with E-state index in [0.717, 1.165) is 5.56 Å². The van der Waals surface area contributed by atoms with E-state index in [4.69, 9.17) is 0 Å². The van der Waals surface area contributed by atoms with Gasteiger partial charge in [0.1, 0.15) is 5.75 Å². The molecule has 0 saturated heterocycles. The van der Waals surface area contributed by atoms with Gasteiger partial charge in [0.2, 0.25) is 10.0 Å². The molecule has 0 heterocycles. The van der Waals surface area contributed by atoms with Gasteiger partial charge in [0, 0.05) is 19.6 Å². The molecular weight excluding hydrogens is 340 g/mol. The van der Waals surface area contributed by atoms with Gasteiger partial charge in [-0.1, -0.05) is 38.1 Å². The van der Waals surface area contributed by atoms with Crippen LogP contribution in [0.2, 0.25) is 0 Å². The zero-order chi connectivity index (χ0) is 18.4. The maximum Gasteiger partial charge on any atom is 0.255 e. The smallest absolute Gasteiger partial charge is 0.255 e. The third-order valence-corrected chi connectivity index (χ3v) is 5.93. The fourth-order valence-electron chi connectivity index (χ4n) is 2.44. The van der Waals surface area contributed by atoms with Crippen LogP contribution >= 0.6 is 0 Å². The van der Waals surface area contributed by atoms with Crippen LogP contribution in [0.25, 0.3) is 0 Å². The maximum atomic E-state index is 12.4. The molecule has 2 aromatic carbocycles. The number of phenolic OH excluding ortho intramolecular Hbond substituents is 1. The van der Waals surface area contributed by atoms with E-state index in [-0.39, 0.29) is 22.8 Å². The van der Waals surface area contributed by atoms with Gasteiger partial charge in [-0.15, -0.1) is 0 Å². The molecule has 2 aromatic rings. The second-order valence-corrected chi connectivity index (χ2v) is 7.37. The van der Waals surface area contributed by atoms with Gasteiger partial charge in [-0.3, -0.25) is 4.79 Å². The number of para-hydroxylation sites is 1. The van der Waals surface area contributed by atoms with Crippen LogP contribution in [0.4, 0.5) is 0 Å². The van der Waals surface area contributed by atoms with Crippen molar-refractivity contribution in [2.45, 2.75) is 25.3 Å². The van der Waals surface area contributed by atoms with Crippen molar-refractivity contribution < 1.29 is 18.3 Å². The van der Waals surface area contributed by atoms with Crippen molar-refractivity contribution in [3.05, 3.63) is 59.7 Å². The monoisotopic (exact) mass is 362 g/mol. The first-order chi connectivity index (χ1) is 11.9. The Morgan fingerprint density at radius 3 is 2.20 bits per heavy atom. The van der Waals surface area contributed by atoms with Gasteiger partial charge in [-0.05, 0) is 29.8 Å². The van der Waals surface area contributed by atoms with Crippen LogP contribution in [0.15, 0.2) is 53.4 Å². The molecule has 0 atom stereocenters. The maximum absolute atomic E-state index is 12.4. The van der Waals surface area contributed by atoms with Crippen LogP contribution in [-0.2, 0) is 16.6 Å². The van der Waals surface area contributed by atoms with Crippen molar-refractivity contribution >= 4 is 15.9 Å². The van der Waals surface area contributed by atoms with Gasteiger partial charge < -0.3 is 10.4 Å². The Morgan fingerprint density at radius 1 is 1.04 bits per heavy atom. The lowest BCUT2D eigenvalue weighted by molar-refractivity contribution is 0.0948. The lowest BCUT2D eigenvalue weighted by Crippen LogP contribution is -2.30. The standard InChI is InChI=1S/C18H22N2O4S/c1-3-20(4-2)25(23,24)15-11-9-14(10-12-15)13-19-18(22)16-7-5-6-8-17(16)21/h5-12,21H,3-4,13H2,1-2H3,(H,19,22). The topological polar surface area (TPSA) is 86.7 Å². The highest BCUT2D eigenvalue weighted by Crippen LogP contribution is 2.17. The molecule has 7 heteroatoms. The van der Waals surface area contributed by atoms with E-state index in [1.807, 2.05) is 0 Å². The first-order valence-electron chi connectivity index (χ1n) is 8.05. The quantitative estimate of drug-likeness (QED) is 0.792. The zero-order valence-corrected chi connectivity index (χ0v) is 15.1. The summed E-state index contributed by atoms with van der Waals surface area (Å²) in [6.07, 6.45) is 0. The Hall–Kier alpha value is -2.38. The van der Waals surface area contributed by atoms with Crippen LogP contribution in [0.1, 0.15) is 29.8 Å². The van der Waals surface area contributed by atoms with Gasteiger partial charge in [0.15, 0.2) is 0 Å². The Labute approximate surface area is 148 Å². The molecule has 0 radical (unpaired) electrons. The van der Waals surface area contributed by atoms with Crippen LogP contribution in [-0.4, -0.2) is 36.8 Å². The molecule has 25 heavy (non-hydrogen) atoms. The van der Waals surface area contributed by atoms with Gasteiger partial charge in [-0.2, -0.15) is 4.31 Å². The zero-order valence-electron chi connectivity index (χ0n) is 14.3. The minimum absolute atomic E-state index is 0.0827. The third-order valence-electron chi connectivity index (χ3n) is 3.87. The molecule has 0 aromatic heterocycles. The molecule has 0 aliphatic heterocycles. The van der Waals surface area contributed by atoms with Crippen LogP contribution in [0, 0.1) is 0 Å². The molecule has 0 bridgehead atoms. The number of nitrogens with zero attached hydrogens (tertiary/aromatic N) is 1. The predicted molar refractivity (Wildman–Crippen MR) is 95.8 cm³/mol. The second-order valence-electron chi connectivity index (χ2n) is 5.43. The summed E-state index contributed by atoms with van der Waals surface area (Å²) in [7, 11) is -3.48. The van der Waals surface area contributed by atoms with Gasteiger partial charge in [0.05, 0.1) is 10.5 Å². The summed E-state index contributed by atoms with van der Waals surface area (Å²) in [6.45, 7) is 4.65. The Kier molecular flexibility index (Phi) is 6.17. The minimum Gasteiger partial charge on any atom is -0.507 e. The summed E-state index contributed by atoms with van der Waals surface area (Å²) in [6, 6.07) is 12.7. The molecule has 2 N–H and O–H groups in total. The number of carbonyl (C=O) groups is 1. The average molecular weight is 362 g/mol. The lowest BCUT2D eigenvalue weighted by Gasteiger charge is -2.18. The number of rotatable bonds is 7. The predicted octanol–water partition coefficient (Wildman–Crippen LogP) is 2.35. The number of aromatic hydroxyl groups is 1. The minimum atomic E-state index is -3.48. The van der Waals surface area contributed by atoms with Gasteiger partial charge >= 0.3 is 0 Å². The summed E-state index contributed by atoms with van der Waals surface area (Å²) in [5, 5.41) is 12.4. The highest BCUT2D eigenvalue weighted by Gasteiger charge is 2.21. The van der Waals surface area contributed by atoms with Crippen molar-refractivity contribution in [1.29, 1.82) is 0 Å². The van der Waals surface area contributed by atoms with Crippen molar-refractivity contribution in [2.24, 2.45) is 0 Å².